The molecule has 6 rings (SSSR count). The molecule has 2 aliphatic heterocycles. The Labute approximate surface area is 205 Å². The molecule has 1 amide bonds. The van der Waals surface area contributed by atoms with Crippen LogP contribution < -0.4 is 4.90 Å². The van der Waals surface area contributed by atoms with Crippen molar-refractivity contribution in [3.63, 3.8) is 0 Å². The Morgan fingerprint density at radius 2 is 1.88 bits per heavy atom. The van der Waals surface area contributed by atoms with Crippen molar-refractivity contribution in [3.8, 4) is 11.3 Å². The van der Waals surface area contributed by atoms with Crippen LogP contribution in [0.2, 0.25) is 0 Å². The summed E-state index contributed by atoms with van der Waals surface area (Å²) in [6.07, 6.45) is 2.85. The fourth-order valence-corrected chi connectivity index (χ4v) is 6.56. The summed E-state index contributed by atoms with van der Waals surface area (Å²) in [7, 11) is 0. The summed E-state index contributed by atoms with van der Waals surface area (Å²) in [4.78, 5) is 26.6. The maximum absolute atomic E-state index is 13.2. The normalized spacial score (nSPS) is 17.8. The van der Waals surface area contributed by atoms with Gasteiger partial charge in [-0.1, -0.05) is 11.3 Å². The number of hydrogen-bond acceptors (Lipinski definition) is 7. The van der Waals surface area contributed by atoms with Crippen molar-refractivity contribution >= 4 is 38.7 Å². The zero-order valence-corrected chi connectivity index (χ0v) is 20.5. The molecule has 1 unspecified atom stereocenters. The first-order chi connectivity index (χ1) is 16.5. The molecule has 1 saturated heterocycles. The number of hydrogen-bond donors (Lipinski definition) is 0. The summed E-state index contributed by atoms with van der Waals surface area (Å²) in [5.41, 5.74) is 2.96. The molecule has 0 aliphatic carbocycles. The first-order valence-electron chi connectivity index (χ1n) is 11.5. The minimum absolute atomic E-state index is 0.116. The smallest absolute Gasteiger partial charge is 0.239 e. The van der Waals surface area contributed by atoms with Crippen LogP contribution in [0.15, 0.2) is 41.9 Å². The standard InChI is InChI=1S/C24H25FN6OS2/c1-16(22(32)30-8-6-21-18(14-30)7-13-33-21)28-9-11-29(12-10-28)24-27-31-15-20(26-23(31)34-24)17-2-4-19(25)5-3-17/h2-5,7,13,15-16H,6,8-12,14H2,1H3. The van der Waals surface area contributed by atoms with Gasteiger partial charge in [-0.2, -0.15) is 0 Å². The number of carbonyl (C=O) groups excluding carboxylic acids is 1. The lowest BCUT2D eigenvalue weighted by Crippen LogP contribution is -2.55. The van der Waals surface area contributed by atoms with Crippen molar-refractivity contribution in [2.24, 2.45) is 0 Å². The number of rotatable bonds is 4. The molecule has 0 N–H and O–H groups in total. The number of fused-ring (bicyclic) bond motifs is 2. The first-order valence-corrected chi connectivity index (χ1v) is 13.2. The van der Waals surface area contributed by atoms with Crippen molar-refractivity contribution in [3.05, 3.63) is 58.2 Å². The average Bonchev–Trinajstić information content (AvgIpc) is 3.58. The molecule has 34 heavy (non-hydrogen) atoms. The molecular formula is C24H25FN6OS2. The number of halogens is 1. The van der Waals surface area contributed by atoms with Gasteiger partial charge in [0.1, 0.15) is 5.82 Å². The van der Waals surface area contributed by atoms with Crippen molar-refractivity contribution in [2.75, 3.05) is 37.6 Å². The fourth-order valence-electron chi connectivity index (χ4n) is 4.73. The van der Waals surface area contributed by atoms with E-state index in [4.69, 9.17) is 5.10 Å². The van der Waals surface area contributed by atoms with Crippen LogP contribution in [0.25, 0.3) is 16.2 Å². The van der Waals surface area contributed by atoms with Crippen molar-refractivity contribution < 1.29 is 9.18 Å². The number of carbonyl (C=O) groups is 1. The largest absolute Gasteiger partial charge is 0.344 e. The second-order valence-electron chi connectivity index (χ2n) is 8.82. The topological polar surface area (TPSA) is 57.0 Å². The van der Waals surface area contributed by atoms with Crippen LogP contribution >= 0.6 is 22.7 Å². The lowest BCUT2D eigenvalue weighted by Gasteiger charge is -2.39. The highest BCUT2D eigenvalue weighted by Crippen LogP contribution is 2.28. The summed E-state index contributed by atoms with van der Waals surface area (Å²) >= 11 is 3.35. The van der Waals surface area contributed by atoms with E-state index in [1.165, 1.54) is 22.6 Å². The summed E-state index contributed by atoms with van der Waals surface area (Å²) < 4.78 is 15.0. The molecule has 1 atom stereocenters. The van der Waals surface area contributed by atoms with Gasteiger partial charge in [0.25, 0.3) is 0 Å². The zero-order chi connectivity index (χ0) is 23.2. The number of nitrogens with zero attached hydrogens (tertiary/aromatic N) is 6. The Balaban J connectivity index is 1.08. The molecular weight excluding hydrogens is 471 g/mol. The third kappa shape index (κ3) is 3.99. The molecule has 5 heterocycles. The number of imidazole rings is 1. The SMILES string of the molecule is CC(C(=O)N1CCc2sccc2C1)N1CCN(c2nn3cc(-c4ccc(F)cc4)nc3s2)CC1. The molecule has 1 aromatic carbocycles. The Morgan fingerprint density at radius 1 is 1.09 bits per heavy atom. The second kappa shape index (κ2) is 8.75. The molecule has 2 aliphatic rings. The van der Waals surface area contributed by atoms with Crippen LogP contribution in [-0.4, -0.2) is 69.1 Å². The highest BCUT2D eigenvalue weighted by atomic mass is 32.1. The van der Waals surface area contributed by atoms with Gasteiger partial charge < -0.3 is 9.80 Å². The first kappa shape index (κ1) is 21.7. The van der Waals surface area contributed by atoms with Gasteiger partial charge in [0.2, 0.25) is 16.0 Å². The number of anilines is 1. The van der Waals surface area contributed by atoms with Crippen molar-refractivity contribution in [1.29, 1.82) is 0 Å². The lowest BCUT2D eigenvalue weighted by molar-refractivity contribution is -0.137. The quantitative estimate of drug-likeness (QED) is 0.431. The highest BCUT2D eigenvalue weighted by molar-refractivity contribution is 7.20. The van der Waals surface area contributed by atoms with E-state index < -0.39 is 0 Å². The number of amides is 1. The predicted octanol–water partition coefficient (Wildman–Crippen LogP) is 3.75. The van der Waals surface area contributed by atoms with Gasteiger partial charge in [0, 0.05) is 49.7 Å². The van der Waals surface area contributed by atoms with E-state index in [9.17, 15) is 9.18 Å². The summed E-state index contributed by atoms with van der Waals surface area (Å²) in [6, 6.07) is 8.38. The lowest BCUT2D eigenvalue weighted by atomic mass is 10.1. The number of aromatic nitrogens is 3. The molecule has 0 spiro atoms. The van der Waals surface area contributed by atoms with Gasteiger partial charge in [-0.05, 0) is 54.6 Å². The molecule has 4 aromatic rings. The van der Waals surface area contributed by atoms with E-state index in [-0.39, 0.29) is 17.8 Å². The molecule has 176 valence electrons. The molecule has 0 bridgehead atoms. The van der Waals surface area contributed by atoms with Crippen LogP contribution in [-0.2, 0) is 17.8 Å². The fraction of sp³-hybridized carbons (Fsp3) is 0.375. The third-order valence-electron chi connectivity index (χ3n) is 6.78. The van der Waals surface area contributed by atoms with Crippen LogP contribution in [0.3, 0.4) is 0 Å². The van der Waals surface area contributed by atoms with Crippen LogP contribution in [0.4, 0.5) is 9.52 Å². The Bertz CT molecular complexity index is 1290. The molecule has 10 heteroatoms. The van der Waals surface area contributed by atoms with Gasteiger partial charge in [-0.25, -0.2) is 13.9 Å². The summed E-state index contributed by atoms with van der Waals surface area (Å²) in [5.74, 6) is -0.0285. The third-order valence-corrected chi connectivity index (χ3v) is 8.79. The van der Waals surface area contributed by atoms with E-state index in [1.807, 2.05) is 18.0 Å². The van der Waals surface area contributed by atoms with Crippen LogP contribution in [0.1, 0.15) is 17.4 Å². The maximum Gasteiger partial charge on any atom is 0.239 e. The van der Waals surface area contributed by atoms with E-state index in [1.54, 1.807) is 39.3 Å². The molecule has 0 radical (unpaired) electrons. The van der Waals surface area contributed by atoms with Gasteiger partial charge in [0.15, 0.2) is 0 Å². The molecule has 7 nitrogen and oxygen atoms in total. The van der Waals surface area contributed by atoms with Gasteiger partial charge >= 0.3 is 0 Å². The minimum Gasteiger partial charge on any atom is -0.344 e. The Morgan fingerprint density at radius 3 is 2.65 bits per heavy atom. The average molecular weight is 497 g/mol. The predicted molar refractivity (Wildman–Crippen MR) is 133 cm³/mol. The van der Waals surface area contributed by atoms with Gasteiger partial charge in [-0.3, -0.25) is 9.69 Å². The van der Waals surface area contributed by atoms with Crippen molar-refractivity contribution in [2.45, 2.75) is 25.9 Å². The van der Waals surface area contributed by atoms with E-state index in [0.717, 1.165) is 67.0 Å². The number of benzene rings is 1. The maximum atomic E-state index is 13.2. The van der Waals surface area contributed by atoms with E-state index in [2.05, 4.69) is 26.2 Å². The molecule has 0 saturated carbocycles. The highest BCUT2D eigenvalue weighted by Gasteiger charge is 2.31. The van der Waals surface area contributed by atoms with Gasteiger partial charge in [0.05, 0.1) is 17.9 Å². The van der Waals surface area contributed by atoms with Crippen LogP contribution in [0, 0.1) is 5.82 Å². The van der Waals surface area contributed by atoms with E-state index >= 15 is 0 Å². The van der Waals surface area contributed by atoms with Crippen molar-refractivity contribution in [1.82, 2.24) is 24.4 Å². The zero-order valence-electron chi connectivity index (χ0n) is 18.9. The Kier molecular flexibility index (Phi) is 5.59. The monoisotopic (exact) mass is 496 g/mol. The number of thiophene rings is 1. The summed E-state index contributed by atoms with van der Waals surface area (Å²) in [5, 5.41) is 7.79. The molecule has 3 aromatic heterocycles. The second-order valence-corrected chi connectivity index (χ2v) is 10.8. The summed E-state index contributed by atoms with van der Waals surface area (Å²) in [6.45, 7) is 6.90. The van der Waals surface area contributed by atoms with Gasteiger partial charge in [-0.15, -0.1) is 16.4 Å². The Hall–Kier alpha value is -2.82. The number of piperazine rings is 1. The van der Waals surface area contributed by atoms with Crippen LogP contribution in [0.5, 0.6) is 0 Å². The molecule has 1 fully saturated rings. The minimum atomic E-state index is -0.257. The van der Waals surface area contributed by atoms with E-state index in [0.29, 0.717) is 0 Å².